The Morgan fingerprint density at radius 3 is 1.87 bits per heavy atom. The first-order valence-corrected chi connectivity index (χ1v) is 10.8. The van der Waals surface area contributed by atoms with Gasteiger partial charge in [-0.1, -0.05) is 32.4 Å². The van der Waals surface area contributed by atoms with Gasteiger partial charge >= 0.3 is 0 Å². The summed E-state index contributed by atoms with van der Waals surface area (Å²) in [5, 5.41) is 0. The van der Waals surface area contributed by atoms with Gasteiger partial charge in [0.05, 0.1) is 9.79 Å². The Morgan fingerprint density at radius 1 is 0.957 bits per heavy atom. The summed E-state index contributed by atoms with van der Waals surface area (Å²) in [7, 11) is -6.93. The van der Waals surface area contributed by atoms with Gasteiger partial charge < -0.3 is 0 Å². The third-order valence-corrected chi connectivity index (χ3v) is 7.03. The molecule has 128 valence electrons. The minimum Gasteiger partial charge on any atom is -0.224 e. The molecule has 1 aliphatic rings. The molecule has 2 rings (SSSR count). The van der Waals surface area contributed by atoms with Crippen molar-refractivity contribution in [3.05, 3.63) is 35.9 Å². The fraction of sp³-hybridized carbons (Fsp3) is 0.500. The van der Waals surface area contributed by atoms with Gasteiger partial charge in [0.2, 0.25) is 10.0 Å². The molecule has 5 nitrogen and oxygen atoms in total. The van der Waals surface area contributed by atoms with Crippen molar-refractivity contribution in [2.24, 2.45) is 5.41 Å². The molecule has 0 atom stereocenters. The summed E-state index contributed by atoms with van der Waals surface area (Å²) < 4.78 is 49.6. The van der Waals surface area contributed by atoms with Crippen molar-refractivity contribution >= 4 is 19.9 Å². The van der Waals surface area contributed by atoms with Crippen LogP contribution in [-0.4, -0.2) is 40.5 Å². The van der Waals surface area contributed by atoms with Gasteiger partial charge in [-0.15, -0.1) is 0 Å². The molecule has 0 unspecified atom stereocenters. The van der Waals surface area contributed by atoms with Gasteiger partial charge in [0.25, 0.3) is 0 Å². The summed E-state index contributed by atoms with van der Waals surface area (Å²) >= 11 is 0. The molecule has 0 radical (unpaired) electrons. The Morgan fingerprint density at radius 2 is 1.48 bits per heavy atom. The molecule has 23 heavy (non-hydrogen) atoms. The maximum Gasteiger partial charge on any atom is 0.243 e. The Balaban J connectivity index is 2.25. The largest absolute Gasteiger partial charge is 0.243 e. The van der Waals surface area contributed by atoms with Gasteiger partial charge in [0.1, 0.15) is 0 Å². The molecule has 1 aromatic carbocycles. The lowest BCUT2D eigenvalue weighted by atomic mass is 9.83. The summed E-state index contributed by atoms with van der Waals surface area (Å²) in [6.07, 6.45) is 3.79. The van der Waals surface area contributed by atoms with Gasteiger partial charge in [0.15, 0.2) is 9.84 Å². The number of nitrogens with zero attached hydrogens (tertiary/aromatic N) is 1. The van der Waals surface area contributed by atoms with E-state index in [2.05, 4.69) is 20.8 Å². The highest BCUT2D eigenvalue weighted by Crippen LogP contribution is 2.31. The predicted molar refractivity (Wildman–Crippen MR) is 90.5 cm³/mol. The second-order valence-electron chi connectivity index (χ2n) is 6.84. The molecule has 0 aliphatic carbocycles. The molecule has 1 heterocycles. The molecular weight excluding hydrogens is 334 g/mol. The zero-order valence-electron chi connectivity index (χ0n) is 13.9. The maximum absolute atomic E-state index is 12.7. The highest BCUT2D eigenvalue weighted by molar-refractivity contribution is 7.90. The summed E-state index contributed by atoms with van der Waals surface area (Å²) in [6, 6.07) is 5.38. The average Bonchev–Trinajstić information content (AvgIpc) is 2.46. The Kier molecular flexibility index (Phi) is 4.76. The maximum atomic E-state index is 12.7. The standard InChI is InChI=1S/C16H23NO4S2/c1-16(2,3)13-9-11-17(12-10-13)23(20,21)15-7-5-14(6-8-15)22(4,18)19/h5-9H,10-12H2,1-4H3. The van der Waals surface area contributed by atoms with Crippen molar-refractivity contribution in [2.45, 2.75) is 37.0 Å². The van der Waals surface area contributed by atoms with Crippen LogP contribution in [0.1, 0.15) is 27.2 Å². The van der Waals surface area contributed by atoms with Crippen molar-refractivity contribution in [2.75, 3.05) is 19.3 Å². The number of rotatable bonds is 3. The van der Waals surface area contributed by atoms with Crippen molar-refractivity contribution in [1.82, 2.24) is 4.31 Å². The lowest BCUT2D eigenvalue weighted by Crippen LogP contribution is -2.36. The number of benzene rings is 1. The molecule has 1 aliphatic heterocycles. The highest BCUT2D eigenvalue weighted by Gasteiger charge is 2.29. The van der Waals surface area contributed by atoms with E-state index in [0.717, 1.165) is 6.26 Å². The Bertz CT molecular complexity index is 814. The van der Waals surface area contributed by atoms with E-state index in [-0.39, 0.29) is 15.2 Å². The fourth-order valence-electron chi connectivity index (χ4n) is 2.56. The molecule has 0 fully saturated rings. The van der Waals surface area contributed by atoms with Gasteiger partial charge in [-0.05, 0) is 36.1 Å². The van der Waals surface area contributed by atoms with Crippen LogP contribution in [-0.2, 0) is 19.9 Å². The van der Waals surface area contributed by atoms with Crippen LogP contribution in [0.4, 0.5) is 0 Å². The number of sulfonamides is 1. The van der Waals surface area contributed by atoms with Crippen LogP contribution in [0.5, 0.6) is 0 Å². The topological polar surface area (TPSA) is 71.5 Å². The molecule has 0 amide bonds. The molecule has 1 aromatic rings. The van der Waals surface area contributed by atoms with Crippen molar-refractivity contribution < 1.29 is 16.8 Å². The molecule has 0 saturated carbocycles. The van der Waals surface area contributed by atoms with E-state index in [1.54, 1.807) is 0 Å². The number of hydrogen-bond donors (Lipinski definition) is 0. The second kappa shape index (κ2) is 6.03. The smallest absolute Gasteiger partial charge is 0.224 e. The molecule has 0 aromatic heterocycles. The first-order valence-electron chi connectivity index (χ1n) is 7.42. The summed E-state index contributed by atoms with van der Waals surface area (Å²) in [5.41, 5.74) is 1.31. The molecular formula is C16H23NO4S2. The van der Waals surface area contributed by atoms with E-state index in [4.69, 9.17) is 0 Å². The van der Waals surface area contributed by atoms with Crippen molar-refractivity contribution in [1.29, 1.82) is 0 Å². The molecule has 0 N–H and O–H groups in total. The summed E-state index contributed by atoms with van der Waals surface area (Å²) in [6.45, 7) is 7.15. The van der Waals surface area contributed by atoms with Crippen molar-refractivity contribution in [3.8, 4) is 0 Å². The first kappa shape index (κ1) is 18.2. The molecule has 0 spiro atoms. The fourth-order valence-corrected chi connectivity index (χ4v) is 4.57. The monoisotopic (exact) mass is 357 g/mol. The Hall–Kier alpha value is -1.18. The van der Waals surface area contributed by atoms with Crippen LogP contribution in [0.3, 0.4) is 0 Å². The summed E-state index contributed by atoms with van der Waals surface area (Å²) in [5.74, 6) is 0. The quantitative estimate of drug-likeness (QED) is 0.779. The number of hydrogen-bond acceptors (Lipinski definition) is 4. The lowest BCUT2D eigenvalue weighted by molar-refractivity contribution is 0.389. The van der Waals surface area contributed by atoms with E-state index in [1.165, 1.54) is 34.1 Å². The third kappa shape index (κ3) is 4.02. The SMILES string of the molecule is CC(C)(C)C1=CCN(S(=O)(=O)c2ccc(S(C)(=O)=O)cc2)CC1. The van der Waals surface area contributed by atoms with E-state index in [9.17, 15) is 16.8 Å². The molecule has 0 bridgehead atoms. The van der Waals surface area contributed by atoms with E-state index in [1.807, 2.05) is 6.08 Å². The van der Waals surface area contributed by atoms with Gasteiger partial charge in [-0.2, -0.15) is 4.31 Å². The number of sulfone groups is 1. The lowest BCUT2D eigenvalue weighted by Gasteiger charge is -2.31. The third-order valence-electron chi connectivity index (χ3n) is 4.02. The van der Waals surface area contributed by atoms with Gasteiger partial charge in [-0.25, -0.2) is 16.8 Å². The minimum atomic E-state index is -3.60. The van der Waals surface area contributed by atoms with E-state index in [0.29, 0.717) is 19.5 Å². The molecule has 7 heteroatoms. The highest BCUT2D eigenvalue weighted by atomic mass is 32.2. The van der Waals surface area contributed by atoms with Crippen molar-refractivity contribution in [3.63, 3.8) is 0 Å². The van der Waals surface area contributed by atoms with Crippen LogP contribution in [0.15, 0.2) is 45.7 Å². The van der Waals surface area contributed by atoms with Crippen LogP contribution >= 0.6 is 0 Å². The van der Waals surface area contributed by atoms with Crippen LogP contribution < -0.4 is 0 Å². The van der Waals surface area contributed by atoms with Gasteiger partial charge in [0, 0.05) is 19.3 Å². The first-order chi connectivity index (χ1) is 10.4. The van der Waals surface area contributed by atoms with E-state index >= 15 is 0 Å². The van der Waals surface area contributed by atoms with Crippen LogP contribution in [0.25, 0.3) is 0 Å². The van der Waals surface area contributed by atoms with Gasteiger partial charge in [-0.3, -0.25) is 0 Å². The normalized spacial score (nSPS) is 17.8. The zero-order chi connectivity index (χ0) is 17.5. The Labute approximate surface area is 139 Å². The van der Waals surface area contributed by atoms with E-state index < -0.39 is 19.9 Å². The molecule has 0 saturated heterocycles. The predicted octanol–water partition coefficient (Wildman–Crippen LogP) is 2.46. The average molecular weight is 357 g/mol. The van der Waals surface area contributed by atoms with Crippen LogP contribution in [0.2, 0.25) is 0 Å². The zero-order valence-corrected chi connectivity index (χ0v) is 15.5. The second-order valence-corrected chi connectivity index (χ2v) is 10.8. The minimum absolute atomic E-state index is 0.0486. The summed E-state index contributed by atoms with van der Waals surface area (Å²) in [4.78, 5) is 0.238. The van der Waals surface area contributed by atoms with Crippen LogP contribution in [0, 0.1) is 5.41 Å².